The summed E-state index contributed by atoms with van der Waals surface area (Å²) in [6.45, 7) is 3.54. The van der Waals surface area contributed by atoms with E-state index in [-0.39, 0.29) is 18.3 Å². The highest BCUT2D eigenvalue weighted by atomic mass is 32.2. The molecule has 1 aromatic rings. The Balaban J connectivity index is 2.47. The van der Waals surface area contributed by atoms with E-state index in [9.17, 15) is 8.42 Å². The normalized spacial score (nSPS) is 13.6. The van der Waals surface area contributed by atoms with Crippen molar-refractivity contribution in [1.29, 1.82) is 0 Å². The number of aliphatic hydroxyl groups is 1. The Morgan fingerprint density at radius 3 is 2.65 bits per heavy atom. The van der Waals surface area contributed by atoms with Gasteiger partial charge in [-0.1, -0.05) is 19.9 Å². The van der Waals surface area contributed by atoms with Crippen molar-refractivity contribution >= 4 is 27.5 Å². The van der Waals surface area contributed by atoms with Gasteiger partial charge in [-0.15, -0.1) is 11.8 Å². The Bertz CT molecular complexity index is 518. The first-order valence-corrected chi connectivity index (χ1v) is 9.07. The molecule has 0 unspecified atom stereocenters. The highest BCUT2D eigenvalue weighted by Gasteiger charge is 2.19. The van der Waals surface area contributed by atoms with Crippen molar-refractivity contribution in [2.45, 2.75) is 24.8 Å². The minimum absolute atomic E-state index is 0.00961. The van der Waals surface area contributed by atoms with Gasteiger partial charge in [0.1, 0.15) is 0 Å². The molecule has 0 bridgehead atoms. The highest BCUT2D eigenvalue weighted by Crippen LogP contribution is 2.20. The fourth-order valence-electron chi connectivity index (χ4n) is 1.55. The van der Waals surface area contributed by atoms with Crippen LogP contribution in [0.5, 0.6) is 0 Å². The van der Waals surface area contributed by atoms with Gasteiger partial charge >= 0.3 is 0 Å². The Morgan fingerprint density at radius 1 is 1.40 bits per heavy atom. The van der Waals surface area contributed by atoms with Crippen molar-refractivity contribution in [3.05, 3.63) is 24.3 Å². The lowest BCUT2D eigenvalue weighted by molar-refractivity contribution is 0.228. The van der Waals surface area contributed by atoms with E-state index >= 15 is 0 Å². The van der Waals surface area contributed by atoms with Crippen LogP contribution in [0.3, 0.4) is 0 Å². The predicted octanol–water partition coefficient (Wildman–Crippen LogP) is 1.30. The van der Waals surface area contributed by atoms with Crippen molar-refractivity contribution in [1.82, 2.24) is 4.72 Å². The maximum Gasteiger partial charge on any atom is 0.212 e. The maximum atomic E-state index is 11.9. The fourth-order valence-corrected chi connectivity index (χ4v) is 4.31. The van der Waals surface area contributed by atoms with Crippen LogP contribution in [-0.2, 0) is 10.0 Å². The van der Waals surface area contributed by atoms with Crippen molar-refractivity contribution in [3.63, 3.8) is 0 Å². The average Bonchev–Trinajstić information content (AvgIpc) is 2.35. The van der Waals surface area contributed by atoms with Gasteiger partial charge in [0.25, 0.3) is 0 Å². The van der Waals surface area contributed by atoms with Gasteiger partial charge in [-0.3, -0.25) is 0 Å². The van der Waals surface area contributed by atoms with Gasteiger partial charge in [0.2, 0.25) is 10.0 Å². The summed E-state index contributed by atoms with van der Waals surface area (Å²) in [4.78, 5) is 0.947. The third-order valence-electron chi connectivity index (χ3n) is 2.81. The van der Waals surface area contributed by atoms with Gasteiger partial charge in [0.05, 0.1) is 12.4 Å². The lowest BCUT2D eigenvalue weighted by Crippen LogP contribution is -2.42. The quantitative estimate of drug-likeness (QED) is 0.496. The van der Waals surface area contributed by atoms with Gasteiger partial charge in [-0.2, -0.15) is 0 Å². The summed E-state index contributed by atoms with van der Waals surface area (Å²) in [6.07, 6.45) is 0. The zero-order chi connectivity index (χ0) is 15.2. The van der Waals surface area contributed by atoms with Crippen LogP contribution in [0.4, 0.5) is 5.69 Å². The average molecular weight is 318 g/mol. The van der Waals surface area contributed by atoms with Crippen LogP contribution in [-0.4, -0.2) is 37.7 Å². The van der Waals surface area contributed by atoms with E-state index in [1.807, 2.05) is 32.0 Å². The van der Waals surface area contributed by atoms with Gasteiger partial charge in [-0.05, 0) is 24.1 Å². The molecule has 7 heteroatoms. The molecule has 0 aliphatic rings. The summed E-state index contributed by atoms with van der Waals surface area (Å²) in [5.41, 5.74) is 6.32. The number of aliphatic hydroxyl groups excluding tert-OH is 1. The molecule has 0 aromatic heterocycles. The lowest BCUT2D eigenvalue weighted by atomic mass is 10.1. The third kappa shape index (κ3) is 6.13. The molecule has 1 rings (SSSR count). The molecule has 5 nitrogen and oxygen atoms in total. The summed E-state index contributed by atoms with van der Waals surface area (Å²) in [5.74, 6) is 0.501. The predicted molar refractivity (Wildman–Crippen MR) is 84.2 cm³/mol. The molecule has 0 saturated heterocycles. The number of nitrogen functional groups attached to an aromatic ring is 1. The number of rotatable bonds is 8. The van der Waals surface area contributed by atoms with Gasteiger partial charge in [0, 0.05) is 22.4 Å². The largest absolute Gasteiger partial charge is 0.399 e. The molecule has 20 heavy (non-hydrogen) atoms. The van der Waals surface area contributed by atoms with Gasteiger partial charge < -0.3 is 10.8 Å². The summed E-state index contributed by atoms with van der Waals surface area (Å²) in [5, 5.41) is 9.15. The van der Waals surface area contributed by atoms with Crippen LogP contribution in [0.1, 0.15) is 13.8 Å². The number of nitrogens with one attached hydrogen (secondary N) is 1. The molecule has 4 N–H and O–H groups in total. The second-order valence-electron chi connectivity index (χ2n) is 4.89. The van der Waals surface area contributed by atoms with Gasteiger partial charge in [0.15, 0.2) is 0 Å². The van der Waals surface area contributed by atoms with Crippen molar-refractivity contribution in [3.8, 4) is 0 Å². The molecule has 0 aliphatic heterocycles. The zero-order valence-electron chi connectivity index (χ0n) is 11.7. The number of thioether (sulfide) groups is 1. The van der Waals surface area contributed by atoms with E-state index < -0.39 is 16.1 Å². The Morgan fingerprint density at radius 2 is 2.10 bits per heavy atom. The lowest BCUT2D eigenvalue weighted by Gasteiger charge is -2.19. The first-order chi connectivity index (χ1) is 9.34. The van der Waals surface area contributed by atoms with Crippen LogP contribution < -0.4 is 10.5 Å². The van der Waals surface area contributed by atoms with Crippen LogP contribution >= 0.6 is 11.8 Å². The fraction of sp³-hybridized carbons (Fsp3) is 0.538. The van der Waals surface area contributed by atoms with E-state index in [0.717, 1.165) is 4.90 Å². The molecule has 0 fully saturated rings. The zero-order valence-corrected chi connectivity index (χ0v) is 13.4. The minimum Gasteiger partial charge on any atom is -0.399 e. The van der Waals surface area contributed by atoms with Crippen LogP contribution in [0, 0.1) is 5.92 Å². The highest BCUT2D eigenvalue weighted by molar-refractivity contribution is 8.00. The van der Waals surface area contributed by atoms with Gasteiger partial charge in [-0.25, -0.2) is 13.1 Å². The first-order valence-electron chi connectivity index (χ1n) is 6.43. The molecule has 0 spiro atoms. The second kappa shape index (κ2) is 7.87. The summed E-state index contributed by atoms with van der Waals surface area (Å²) < 4.78 is 26.3. The Labute approximate surface area is 125 Å². The topological polar surface area (TPSA) is 92.4 Å². The molecule has 0 heterocycles. The van der Waals surface area contributed by atoms with Crippen molar-refractivity contribution in [2.24, 2.45) is 5.92 Å². The second-order valence-corrected chi connectivity index (χ2v) is 7.93. The van der Waals surface area contributed by atoms with E-state index in [2.05, 4.69) is 4.72 Å². The molecule has 0 amide bonds. The minimum atomic E-state index is -3.38. The third-order valence-corrected chi connectivity index (χ3v) is 5.47. The number of hydrogen-bond acceptors (Lipinski definition) is 5. The molecule has 1 aromatic carbocycles. The summed E-state index contributed by atoms with van der Waals surface area (Å²) in [7, 11) is -3.38. The van der Waals surface area contributed by atoms with Crippen LogP contribution in [0.2, 0.25) is 0 Å². The van der Waals surface area contributed by atoms with E-state index in [1.54, 1.807) is 6.07 Å². The SMILES string of the molecule is CC(C)[C@@H](CO)NS(=O)(=O)CCSc1cccc(N)c1. The van der Waals surface area contributed by atoms with Crippen LogP contribution in [0.15, 0.2) is 29.2 Å². The molecule has 114 valence electrons. The summed E-state index contributed by atoms with van der Waals surface area (Å²) in [6, 6.07) is 6.90. The molecule has 1 atom stereocenters. The van der Waals surface area contributed by atoms with Crippen molar-refractivity contribution in [2.75, 3.05) is 23.8 Å². The standard InChI is InChI=1S/C13H22N2O3S2/c1-10(2)13(9-16)15-20(17,18)7-6-19-12-5-3-4-11(14)8-12/h3-5,8,10,13,15-16H,6-7,9,14H2,1-2H3/t13-/m1/s1. The van der Waals surface area contributed by atoms with E-state index in [4.69, 9.17) is 10.8 Å². The molecule has 0 aliphatic carbocycles. The van der Waals surface area contributed by atoms with Crippen molar-refractivity contribution < 1.29 is 13.5 Å². The smallest absolute Gasteiger partial charge is 0.212 e. The first kappa shape index (κ1) is 17.3. The Hall–Kier alpha value is -0.760. The van der Waals surface area contributed by atoms with E-state index in [0.29, 0.717) is 11.4 Å². The number of benzene rings is 1. The molecular formula is C13H22N2O3S2. The monoisotopic (exact) mass is 318 g/mol. The molecule has 0 radical (unpaired) electrons. The Kier molecular flexibility index (Phi) is 6.81. The van der Waals surface area contributed by atoms with E-state index in [1.165, 1.54) is 11.8 Å². The van der Waals surface area contributed by atoms with Crippen LogP contribution in [0.25, 0.3) is 0 Å². The number of hydrogen-bond donors (Lipinski definition) is 3. The number of sulfonamides is 1. The maximum absolute atomic E-state index is 11.9. The molecule has 0 saturated carbocycles. The number of nitrogens with two attached hydrogens (primary N) is 1. The summed E-state index contributed by atoms with van der Waals surface area (Å²) >= 11 is 1.44. The molecular weight excluding hydrogens is 296 g/mol. The number of anilines is 1.